The zero-order valence-electron chi connectivity index (χ0n) is 16.9. The van der Waals surface area contributed by atoms with Gasteiger partial charge in [0.15, 0.2) is 0 Å². The van der Waals surface area contributed by atoms with Gasteiger partial charge >= 0.3 is 0 Å². The van der Waals surface area contributed by atoms with Gasteiger partial charge in [0.05, 0.1) is 10.9 Å². The maximum Gasteiger partial charge on any atom is 0.243 e. The number of carbonyl (C=O) groups excluding carboxylic acids is 1. The summed E-state index contributed by atoms with van der Waals surface area (Å²) < 4.78 is 53.8. The highest BCUT2D eigenvalue weighted by Gasteiger charge is 2.39. The van der Waals surface area contributed by atoms with Crippen LogP contribution in [0.15, 0.2) is 53.4 Å². The fourth-order valence-corrected chi connectivity index (χ4v) is 5.32. The Morgan fingerprint density at radius 2 is 1.87 bits per heavy atom. The van der Waals surface area contributed by atoms with E-state index in [0.29, 0.717) is 18.4 Å². The Bertz CT molecular complexity index is 997. The first kappa shape index (κ1) is 22.3. The molecule has 1 saturated heterocycles. The first-order chi connectivity index (χ1) is 14.2. The maximum atomic E-state index is 13.6. The van der Waals surface area contributed by atoms with Crippen molar-refractivity contribution in [1.82, 2.24) is 14.5 Å². The normalized spacial score (nSPS) is 18.5. The van der Waals surface area contributed by atoms with Crippen LogP contribution in [0.4, 0.5) is 8.78 Å². The average Bonchev–Trinajstić information content (AvgIpc) is 3.19. The highest BCUT2D eigenvalue weighted by Crippen LogP contribution is 2.27. The van der Waals surface area contributed by atoms with E-state index in [1.54, 1.807) is 12.1 Å². The van der Waals surface area contributed by atoms with Gasteiger partial charge in [0.1, 0.15) is 17.7 Å². The number of benzene rings is 2. The van der Waals surface area contributed by atoms with Gasteiger partial charge < -0.3 is 10.2 Å². The van der Waals surface area contributed by atoms with Crippen LogP contribution in [-0.4, -0.2) is 56.8 Å². The van der Waals surface area contributed by atoms with E-state index in [9.17, 15) is 22.0 Å². The fraction of sp³-hybridized carbons (Fsp3) is 0.381. The van der Waals surface area contributed by atoms with Gasteiger partial charge in [-0.3, -0.25) is 4.79 Å². The first-order valence-electron chi connectivity index (χ1n) is 9.67. The Balaban J connectivity index is 1.73. The number of carbonyl (C=O) groups is 1. The molecular formula is C21H25F2N3O3S. The van der Waals surface area contributed by atoms with E-state index in [1.165, 1.54) is 28.6 Å². The molecule has 30 heavy (non-hydrogen) atoms. The molecule has 0 saturated carbocycles. The van der Waals surface area contributed by atoms with Crippen molar-refractivity contribution in [2.75, 3.05) is 27.2 Å². The predicted molar refractivity (Wildman–Crippen MR) is 109 cm³/mol. The van der Waals surface area contributed by atoms with E-state index in [0.717, 1.165) is 12.1 Å². The van der Waals surface area contributed by atoms with Gasteiger partial charge in [-0.15, -0.1) is 0 Å². The number of hydrogen-bond donors (Lipinski definition) is 1. The number of halogens is 2. The molecule has 162 valence electrons. The summed E-state index contributed by atoms with van der Waals surface area (Å²) in [5.41, 5.74) is 0.711. The summed E-state index contributed by atoms with van der Waals surface area (Å²) in [5.74, 6) is -1.30. The molecular weight excluding hydrogens is 412 g/mol. The second-order valence-electron chi connectivity index (χ2n) is 7.51. The van der Waals surface area contributed by atoms with Gasteiger partial charge in [0, 0.05) is 13.1 Å². The lowest BCUT2D eigenvalue weighted by molar-refractivity contribution is -0.124. The van der Waals surface area contributed by atoms with Crippen LogP contribution in [0, 0.1) is 11.6 Å². The third-order valence-electron chi connectivity index (χ3n) is 5.25. The topological polar surface area (TPSA) is 69.7 Å². The number of hydrogen-bond acceptors (Lipinski definition) is 4. The van der Waals surface area contributed by atoms with E-state index in [-0.39, 0.29) is 29.8 Å². The third kappa shape index (κ3) is 4.85. The van der Waals surface area contributed by atoms with Gasteiger partial charge in [-0.2, -0.15) is 4.31 Å². The van der Waals surface area contributed by atoms with Crippen LogP contribution in [0.2, 0.25) is 0 Å². The Morgan fingerprint density at radius 3 is 2.50 bits per heavy atom. The van der Waals surface area contributed by atoms with Crippen molar-refractivity contribution in [2.45, 2.75) is 29.8 Å². The molecule has 2 aromatic rings. The van der Waals surface area contributed by atoms with E-state index in [1.807, 2.05) is 19.0 Å². The minimum absolute atomic E-state index is 0.0467. The average molecular weight is 438 g/mol. The molecule has 1 aliphatic heterocycles. The lowest BCUT2D eigenvalue weighted by atomic mass is 10.1. The zero-order valence-corrected chi connectivity index (χ0v) is 17.7. The Labute approximate surface area is 175 Å². The molecule has 1 N–H and O–H groups in total. The highest BCUT2D eigenvalue weighted by molar-refractivity contribution is 7.89. The van der Waals surface area contributed by atoms with Crippen LogP contribution in [0.25, 0.3) is 0 Å². The molecule has 0 bridgehead atoms. The molecule has 9 heteroatoms. The van der Waals surface area contributed by atoms with E-state index >= 15 is 0 Å². The molecule has 1 aliphatic rings. The Hall–Kier alpha value is -2.36. The molecule has 2 aromatic carbocycles. The minimum atomic E-state index is -3.92. The molecule has 0 radical (unpaired) electrons. The molecule has 1 amide bonds. The van der Waals surface area contributed by atoms with Crippen molar-refractivity contribution in [1.29, 1.82) is 0 Å². The molecule has 1 heterocycles. The van der Waals surface area contributed by atoms with E-state index in [2.05, 4.69) is 5.32 Å². The van der Waals surface area contributed by atoms with Gasteiger partial charge in [-0.1, -0.05) is 12.1 Å². The van der Waals surface area contributed by atoms with Crippen molar-refractivity contribution in [3.63, 3.8) is 0 Å². The molecule has 1 fully saturated rings. The van der Waals surface area contributed by atoms with Gasteiger partial charge in [-0.25, -0.2) is 17.2 Å². The molecule has 2 unspecified atom stereocenters. The SMILES string of the molecule is CN(C)C(CNC(=O)C1CCCN1S(=O)(=O)c1ccc(F)cc1)c1cccc(F)c1. The van der Waals surface area contributed by atoms with Gasteiger partial charge in [0.25, 0.3) is 0 Å². The van der Waals surface area contributed by atoms with Crippen LogP contribution >= 0.6 is 0 Å². The second kappa shape index (κ2) is 9.20. The monoisotopic (exact) mass is 437 g/mol. The van der Waals surface area contributed by atoms with Crippen LogP contribution in [-0.2, 0) is 14.8 Å². The van der Waals surface area contributed by atoms with Crippen LogP contribution in [0.1, 0.15) is 24.4 Å². The summed E-state index contributed by atoms with van der Waals surface area (Å²) in [6.45, 7) is 0.426. The smallest absolute Gasteiger partial charge is 0.243 e. The van der Waals surface area contributed by atoms with Crippen molar-refractivity contribution < 1.29 is 22.0 Å². The number of sulfonamides is 1. The highest BCUT2D eigenvalue weighted by atomic mass is 32.2. The summed E-state index contributed by atoms with van der Waals surface area (Å²) in [7, 11) is -0.272. The summed E-state index contributed by atoms with van der Waals surface area (Å²) >= 11 is 0. The van der Waals surface area contributed by atoms with Crippen LogP contribution in [0.3, 0.4) is 0 Å². The number of likely N-dealkylation sites (N-methyl/N-ethyl adjacent to an activating group) is 1. The standard InChI is InChI=1S/C21H25F2N3O3S/c1-25(2)20(15-5-3-6-17(23)13-15)14-24-21(27)19-7-4-12-26(19)30(28,29)18-10-8-16(22)9-11-18/h3,5-6,8-11,13,19-20H,4,7,12,14H2,1-2H3,(H,24,27). The second-order valence-corrected chi connectivity index (χ2v) is 9.40. The minimum Gasteiger partial charge on any atom is -0.353 e. The molecule has 2 atom stereocenters. The Kier molecular flexibility index (Phi) is 6.84. The predicted octanol–water partition coefficient (Wildman–Crippen LogP) is 2.54. The van der Waals surface area contributed by atoms with E-state index in [4.69, 9.17) is 0 Å². The van der Waals surface area contributed by atoms with E-state index < -0.39 is 27.8 Å². The molecule has 0 aliphatic carbocycles. The van der Waals surface area contributed by atoms with Crippen molar-refractivity contribution in [3.8, 4) is 0 Å². The maximum absolute atomic E-state index is 13.6. The molecule has 0 aromatic heterocycles. The van der Waals surface area contributed by atoms with Crippen LogP contribution in [0.5, 0.6) is 0 Å². The fourth-order valence-electron chi connectivity index (χ4n) is 3.66. The Morgan fingerprint density at radius 1 is 1.17 bits per heavy atom. The molecule has 0 spiro atoms. The van der Waals surface area contributed by atoms with Crippen molar-refractivity contribution in [2.24, 2.45) is 0 Å². The number of amides is 1. The summed E-state index contributed by atoms with van der Waals surface area (Å²) in [6, 6.07) is 9.61. The number of rotatable bonds is 7. The zero-order chi connectivity index (χ0) is 21.9. The van der Waals surface area contributed by atoms with Crippen molar-refractivity contribution >= 4 is 15.9 Å². The largest absolute Gasteiger partial charge is 0.353 e. The first-order valence-corrected chi connectivity index (χ1v) is 11.1. The van der Waals surface area contributed by atoms with Gasteiger partial charge in [0.2, 0.25) is 15.9 Å². The summed E-state index contributed by atoms with van der Waals surface area (Å²) in [5, 5.41) is 2.82. The van der Waals surface area contributed by atoms with Crippen molar-refractivity contribution in [3.05, 3.63) is 65.7 Å². The number of nitrogens with one attached hydrogen (secondary N) is 1. The lowest BCUT2D eigenvalue weighted by Crippen LogP contribution is -2.47. The lowest BCUT2D eigenvalue weighted by Gasteiger charge is -2.27. The summed E-state index contributed by atoms with van der Waals surface area (Å²) in [4.78, 5) is 14.7. The molecule has 6 nitrogen and oxygen atoms in total. The van der Waals surface area contributed by atoms with Crippen LogP contribution < -0.4 is 5.32 Å². The molecule has 3 rings (SSSR count). The quantitative estimate of drug-likeness (QED) is 0.723. The van der Waals surface area contributed by atoms with Gasteiger partial charge in [-0.05, 0) is 68.9 Å². The third-order valence-corrected chi connectivity index (χ3v) is 7.18. The number of nitrogens with zero attached hydrogens (tertiary/aromatic N) is 2. The summed E-state index contributed by atoms with van der Waals surface area (Å²) in [6.07, 6.45) is 0.957.